The summed E-state index contributed by atoms with van der Waals surface area (Å²) in [6.45, 7) is 2.90. The van der Waals surface area contributed by atoms with Crippen molar-refractivity contribution in [2.45, 2.75) is 45.2 Å². The lowest BCUT2D eigenvalue weighted by molar-refractivity contribution is -0.119. The number of amides is 1. The summed E-state index contributed by atoms with van der Waals surface area (Å²) >= 11 is 3.50. The number of rotatable bonds is 5. The van der Waals surface area contributed by atoms with E-state index in [1.807, 2.05) is 6.07 Å². The Morgan fingerprint density at radius 1 is 1.03 bits per heavy atom. The van der Waals surface area contributed by atoms with E-state index in [4.69, 9.17) is 4.98 Å². The molecule has 1 aliphatic carbocycles. The third-order valence-electron chi connectivity index (χ3n) is 6.86. The summed E-state index contributed by atoms with van der Waals surface area (Å²) in [5.41, 5.74) is 4.93. The smallest absolute Gasteiger partial charge is 0.228 e. The van der Waals surface area contributed by atoms with E-state index < -0.39 is 0 Å². The summed E-state index contributed by atoms with van der Waals surface area (Å²) in [5, 5.41) is 5.38. The summed E-state index contributed by atoms with van der Waals surface area (Å²) in [7, 11) is 0. The molecule has 0 bridgehead atoms. The van der Waals surface area contributed by atoms with E-state index >= 15 is 0 Å². The second-order valence-corrected chi connectivity index (χ2v) is 11.2. The van der Waals surface area contributed by atoms with Crippen LogP contribution in [0.2, 0.25) is 0 Å². The van der Waals surface area contributed by atoms with Crippen LogP contribution in [-0.2, 0) is 24.3 Å². The van der Waals surface area contributed by atoms with Crippen LogP contribution in [0.15, 0.2) is 54.6 Å². The maximum Gasteiger partial charge on any atom is 0.228 e. The van der Waals surface area contributed by atoms with Crippen LogP contribution in [0.3, 0.4) is 0 Å². The lowest BCUT2D eigenvalue weighted by Crippen LogP contribution is -2.29. The number of hydrogen-bond donors (Lipinski definition) is 1. The number of thiophene rings is 1. The van der Waals surface area contributed by atoms with Crippen molar-refractivity contribution >= 4 is 43.8 Å². The summed E-state index contributed by atoms with van der Waals surface area (Å²) in [6, 6.07) is 19.0. The first kappa shape index (κ1) is 21.0. The van der Waals surface area contributed by atoms with Gasteiger partial charge in [-0.05, 0) is 42.5 Å². The van der Waals surface area contributed by atoms with Crippen molar-refractivity contribution in [3.63, 3.8) is 0 Å². The summed E-state index contributed by atoms with van der Waals surface area (Å²) in [4.78, 5) is 21.9. The third-order valence-corrected chi connectivity index (χ3v) is 9.04. The average molecular weight is 474 g/mol. The average Bonchev–Trinajstić information content (AvgIpc) is 3.57. The van der Waals surface area contributed by atoms with Crippen LogP contribution in [0.4, 0.5) is 5.00 Å². The molecule has 0 unspecified atom stereocenters. The second-order valence-electron chi connectivity index (χ2n) is 9.11. The molecule has 168 valence electrons. The Morgan fingerprint density at radius 3 is 2.64 bits per heavy atom. The number of para-hydroxylation sites is 1. The molecule has 2 aromatic carbocycles. The van der Waals surface area contributed by atoms with Crippen molar-refractivity contribution in [2.24, 2.45) is 5.92 Å². The molecule has 33 heavy (non-hydrogen) atoms. The zero-order valence-corrected chi connectivity index (χ0v) is 20.2. The van der Waals surface area contributed by atoms with Crippen molar-refractivity contribution in [2.75, 3.05) is 11.9 Å². The first-order valence-electron chi connectivity index (χ1n) is 11.8. The van der Waals surface area contributed by atoms with Crippen LogP contribution in [-0.4, -0.2) is 22.3 Å². The van der Waals surface area contributed by atoms with Crippen molar-refractivity contribution in [1.82, 2.24) is 9.88 Å². The number of aromatic nitrogens is 1. The minimum absolute atomic E-state index is 0.155. The van der Waals surface area contributed by atoms with Crippen LogP contribution < -0.4 is 5.32 Å². The van der Waals surface area contributed by atoms with Gasteiger partial charge >= 0.3 is 0 Å². The molecule has 1 N–H and O–H groups in total. The predicted molar refractivity (Wildman–Crippen MR) is 138 cm³/mol. The highest BCUT2D eigenvalue weighted by molar-refractivity contribution is 7.22. The Labute approximate surface area is 202 Å². The van der Waals surface area contributed by atoms with Gasteiger partial charge in [-0.2, -0.15) is 0 Å². The first-order chi connectivity index (χ1) is 16.2. The Morgan fingerprint density at radius 2 is 1.82 bits per heavy atom. The lowest BCUT2D eigenvalue weighted by Gasteiger charge is -2.27. The van der Waals surface area contributed by atoms with Crippen molar-refractivity contribution in [3.05, 3.63) is 70.6 Å². The number of hydrogen-bond acceptors (Lipinski definition) is 5. The van der Waals surface area contributed by atoms with Crippen molar-refractivity contribution < 1.29 is 4.79 Å². The van der Waals surface area contributed by atoms with Gasteiger partial charge in [-0.25, -0.2) is 4.98 Å². The Balaban J connectivity index is 1.35. The molecule has 4 nitrogen and oxygen atoms in total. The standard InChI is InChI=1S/C27H27N3OS2/c31-25(19-10-4-5-11-19)29-27-24(26-28-21-12-6-7-13-22(21)32-26)20-14-15-30(17-23(20)33-27)16-18-8-2-1-3-9-18/h1-3,6-9,12-13,19H,4-5,10-11,14-17H2,(H,29,31). The maximum absolute atomic E-state index is 13.1. The van der Waals surface area contributed by atoms with Gasteiger partial charge in [0.25, 0.3) is 0 Å². The molecule has 6 rings (SSSR count). The lowest BCUT2D eigenvalue weighted by atomic mass is 10.0. The normalized spacial score (nSPS) is 16.8. The zero-order chi connectivity index (χ0) is 22.2. The molecule has 0 spiro atoms. The number of nitrogens with one attached hydrogen (secondary N) is 1. The van der Waals surface area contributed by atoms with Crippen molar-refractivity contribution in [1.29, 1.82) is 0 Å². The van der Waals surface area contributed by atoms with E-state index in [0.717, 1.165) is 67.3 Å². The highest BCUT2D eigenvalue weighted by Gasteiger charge is 2.30. The first-order valence-corrected chi connectivity index (χ1v) is 13.5. The molecule has 1 amide bonds. The Kier molecular flexibility index (Phi) is 5.74. The highest BCUT2D eigenvalue weighted by Crippen LogP contribution is 2.46. The second kappa shape index (κ2) is 9.01. The fourth-order valence-corrected chi connectivity index (χ4v) is 7.53. The molecule has 2 aliphatic rings. The predicted octanol–water partition coefficient (Wildman–Crippen LogP) is 6.71. The largest absolute Gasteiger partial charge is 0.317 e. The number of anilines is 1. The molecule has 4 aromatic rings. The molecule has 3 heterocycles. The molecule has 1 saturated carbocycles. The van der Waals surface area contributed by atoms with Gasteiger partial charge in [-0.3, -0.25) is 9.69 Å². The van der Waals surface area contributed by atoms with Crippen LogP contribution in [0, 0.1) is 5.92 Å². The zero-order valence-electron chi connectivity index (χ0n) is 18.5. The van der Waals surface area contributed by atoms with Gasteiger partial charge in [0.2, 0.25) is 5.91 Å². The molecular weight excluding hydrogens is 446 g/mol. The van der Waals surface area contributed by atoms with E-state index in [1.54, 1.807) is 22.7 Å². The fourth-order valence-electron chi connectivity index (χ4n) is 5.13. The quantitative estimate of drug-likeness (QED) is 0.350. The topological polar surface area (TPSA) is 45.2 Å². The minimum atomic E-state index is 0.155. The van der Waals surface area contributed by atoms with Gasteiger partial charge in [0.15, 0.2) is 0 Å². The number of benzene rings is 2. The fraction of sp³-hybridized carbons (Fsp3) is 0.333. The molecule has 2 aromatic heterocycles. The summed E-state index contributed by atoms with van der Waals surface area (Å²) < 4.78 is 1.20. The van der Waals surface area contributed by atoms with Gasteiger partial charge in [-0.1, -0.05) is 55.3 Å². The maximum atomic E-state index is 13.1. The van der Waals surface area contributed by atoms with Gasteiger partial charge in [0.1, 0.15) is 10.0 Å². The SMILES string of the molecule is O=C(Nc1sc2c(c1-c1nc3ccccc3s1)CCN(Cc1ccccc1)C2)C1CCCC1. The van der Waals surface area contributed by atoms with Crippen molar-refractivity contribution in [3.8, 4) is 10.6 Å². The minimum Gasteiger partial charge on any atom is -0.317 e. The molecular formula is C27H27N3OS2. The highest BCUT2D eigenvalue weighted by atomic mass is 32.1. The van der Waals surface area contributed by atoms with E-state index in [9.17, 15) is 4.79 Å². The van der Waals surface area contributed by atoms with E-state index in [1.165, 1.54) is 26.3 Å². The number of fused-ring (bicyclic) bond motifs is 2. The van der Waals surface area contributed by atoms with E-state index in [2.05, 4.69) is 58.7 Å². The van der Waals surface area contributed by atoms with Crippen LogP contribution >= 0.6 is 22.7 Å². The molecule has 0 saturated heterocycles. The number of carbonyl (C=O) groups is 1. The van der Waals surface area contributed by atoms with Crippen LogP contribution in [0.1, 0.15) is 41.7 Å². The van der Waals surface area contributed by atoms with Crippen LogP contribution in [0.25, 0.3) is 20.8 Å². The van der Waals surface area contributed by atoms with E-state index in [0.29, 0.717) is 0 Å². The Bertz CT molecular complexity index is 1250. The molecule has 1 fully saturated rings. The molecule has 0 radical (unpaired) electrons. The summed E-state index contributed by atoms with van der Waals surface area (Å²) in [5.74, 6) is 0.344. The number of nitrogens with zero attached hydrogens (tertiary/aromatic N) is 2. The molecule has 6 heteroatoms. The van der Waals surface area contributed by atoms with E-state index in [-0.39, 0.29) is 11.8 Å². The monoisotopic (exact) mass is 473 g/mol. The van der Waals surface area contributed by atoms with Gasteiger partial charge in [0, 0.05) is 36.0 Å². The van der Waals surface area contributed by atoms with Gasteiger partial charge < -0.3 is 5.32 Å². The third kappa shape index (κ3) is 4.23. The van der Waals surface area contributed by atoms with Gasteiger partial charge in [0.05, 0.1) is 10.2 Å². The van der Waals surface area contributed by atoms with Gasteiger partial charge in [-0.15, -0.1) is 22.7 Å². The summed E-state index contributed by atoms with van der Waals surface area (Å²) in [6.07, 6.45) is 5.34. The molecule has 1 aliphatic heterocycles. The number of carbonyl (C=O) groups excluding carboxylic acids is 1. The number of thiazole rings is 1. The molecule has 0 atom stereocenters. The Hall–Kier alpha value is -2.54. The van der Waals surface area contributed by atoms with Crippen LogP contribution in [0.5, 0.6) is 0 Å².